The minimum absolute atomic E-state index is 0.264. The van der Waals surface area contributed by atoms with Gasteiger partial charge in [-0.3, -0.25) is 4.79 Å². The second kappa shape index (κ2) is 7.43. The number of nitrogens with two attached hydrogens (primary N) is 1. The third-order valence-corrected chi connectivity index (χ3v) is 2.06. The largest absolute Gasteiger partial charge is 0.478 e. The minimum Gasteiger partial charge on any atom is -0.478 e. The number of unbranched alkanes of at least 4 members (excludes halogenated alkanes) is 1. The first kappa shape index (κ1) is 13.2. The molecule has 0 aliphatic rings. The van der Waals surface area contributed by atoms with Crippen molar-refractivity contribution < 1.29 is 9.53 Å². The Bertz CT molecular complexity index is 357. The highest BCUT2D eigenvalue weighted by atomic mass is 16.5. The molecule has 0 saturated carbocycles. The zero-order valence-electron chi connectivity index (χ0n) is 9.98. The molecule has 6 heteroatoms. The molecule has 0 bridgehead atoms. The van der Waals surface area contributed by atoms with Crippen LogP contribution in [0.5, 0.6) is 5.88 Å². The highest BCUT2D eigenvalue weighted by molar-refractivity contribution is 5.73. The van der Waals surface area contributed by atoms with Crippen molar-refractivity contribution in [2.45, 2.75) is 26.2 Å². The molecule has 1 amide bonds. The molecule has 1 aromatic rings. The van der Waals surface area contributed by atoms with E-state index in [-0.39, 0.29) is 5.91 Å². The Kier molecular flexibility index (Phi) is 5.77. The summed E-state index contributed by atoms with van der Waals surface area (Å²) in [5.74, 6) is 0.830. The molecule has 6 nitrogen and oxygen atoms in total. The number of carbonyl (C=O) groups excluding carboxylic acids is 1. The van der Waals surface area contributed by atoms with Gasteiger partial charge in [0.1, 0.15) is 0 Å². The molecule has 0 fully saturated rings. The minimum atomic E-state index is -0.264. The van der Waals surface area contributed by atoms with Crippen molar-refractivity contribution >= 4 is 11.9 Å². The summed E-state index contributed by atoms with van der Waals surface area (Å²) in [5.41, 5.74) is 5.04. The van der Waals surface area contributed by atoms with Gasteiger partial charge in [0.2, 0.25) is 17.7 Å². The van der Waals surface area contributed by atoms with Gasteiger partial charge in [0.15, 0.2) is 0 Å². The summed E-state index contributed by atoms with van der Waals surface area (Å²) in [5, 5.41) is 3.06. The predicted octanol–water partition coefficient (Wildman–Crippen LogP) is 0.943. The molecule has 94 valence electrons. The lowest BCUT2D eigenvalue weighted by atomic mass is 10.2. The number of amides is 1. The summed E-state index contributed by atoms with van der Waals surface area (Å²) in [7, 11) is 0. The van der Waals surface area contributed by atoms with E-state index in [9.17, 15) is 4.79 Å². The van der Waals surface area contributed by atoms with Crippen molar-refractivity contribution in [2.75, 3.05) is 18.5 Å². The molecule has 0 aliphatic heterocycles. The third-order valence-electron chi connectivity index (χ3n) is 2.06. The fraction of sp³-hybridized carbons (Fsp3) is 0.545. The molecule has 17 heavy (non-hydrogen) atoms. The lowest BCUT2D eigenvalue weighted by Gasteiger charge is -2.06. The standard InChI is InChI=1S/C11H18N4O2/c1-2-17-10-6-8-14-11(15-10)13-7-4-3-5-9(12)16/h6,8H,2-5,7H2,1H3,(H2,12,16)(H,13,14,15). The molecule has 0 atom stereocenters. The lowest BCUT2D eigenvalue weighted by molar-refractivity contribution is -0.118. The Morgan fingerprint density at radius 2 is 2.35 bits per heavy atom. The number of nitrogens with zero attached hydrogens (tertiary/aromatic N) is 2. The average Bonchev–Trinajstić information content (AvgIpc) is 2.29. The molecule has 1 heterocycles. The average molecular weight is 238 g/mol. The number of ether oxygens (including phenoxy) is 1. The number of nitrogens with one attached hydrogen (secondary N) is 1. The molecule has 1 rings (SSSR count). The van der Waals surface area contributed by atoms with Crippen molar-refractivity contribution in [3.63, 3.8) is 0 Å². The van der Waals surface area contributed by atoms with Crippen LogP contribution in [0.3, 0.4) is 0 Å². The van der Waals surface area contributed by atoms with Gasteiger partial charge >= 0.3 is 0 Å². The summed E-state index contributed by atoms with van der Waals surface area (Å²) < 4.78 is 5.25. The van der Waals surface area contributed by atoms with Crippen LogP contribution >= 0.6 is 0 Å². The Hall–Kier alpha value is -1.85. The SMILES string of the molecule is CCOc1ccnc(NCCCCC(N)=O)n1. The van der Waals surface area contributed by atoms with Crippen LogP contribution in [-0.2, 0) is 4.79 Å². The Balaban J connectivity index is 2.26. The Morgan fingerprint density at radius 1 is 1.53 bits per heavy atom. The summed E-state index contributed by atoms with van der Waals surface area (Å²) in [4.78, 5) is 18.7. The van der Waals surface area contributed by atoms with E-state index in [1.54, 1.807) is 12.3 Å². The molecule has 0 spiro atoms. The Morgan fingerprint density at radius 3 is 3.06 bits per heavy atom. The first-order valence-corrected chi connectivity index (χ1v) is 5.70. The highest BCUT2D eigenvalue weighted by Crippen LogP contribution is 2.08. The van der Waals surface area contributed by atoms with Crippen molar-refractivity contribution in [1.82, 2.24) is 9.97 Å². The predicted molar refractivity (Wildman–Crippen MR) is 64.7 cm³/mol. The molecule has 3 N–H and O–H groups in total. The number of carbonyl (C=O) groups is 1. The zero-order chi connectivity index (χ0) is 12.5. The molecular formula is C11H18N4O2. The van der Waals surface area contributed by atoms with E-state index in [4.69, 9.17) is 10.5 Å². The first-order chi connectivity index (χ1) is 8.22. The van der Waals surface area contributed by atoms with E-state index in [0.29, 0.717) is 31.4 Å². The van der Waals surface area contributed by atoms with Crippen LogP contribution in [0.25, 0.3) is 0 Å². The van der Waals surface area contributed by atoms with Crippen LogP contribution in [0.1, 0.15) is 26.2 Å². The topological polar surface area (TPSA) is 90.1 Å². The van der Waals surface area contributed by atoms with Crippen LogP contribution in [0, 0.1) is 0 Å². The monoisotopic (exact) mass is 238 g/mol. The van der Waals surface area contributed by atoms with Crippen LogP contribution < -0.4 is 15.8 Å². The maximum absolute atomic E-state index is 10.5. The van der Waals surface area contributed by atoms with Crippen LogP contribution in [0.4, 0.5) is 5.95 Å². The molecule has 0 radical (unpaired) electrons. The van der Waals surface area contributed by atoms with E-state index in [2.05, 4.69) is 15.3 Å². The smallest absolute Gasteiger partial charge is 0.225 e. The second-order valence-corrected chi connectivity index (χ2v) is 3.50. The molecule has 1 aromatic heterocycles. The fourth-order valence-electron chi connectivity index (χ4n) is 1.28. The first-order valence-electron chi connectivity index (χ1n) is 5.70. The van der Waals surface area contributed by atoms with Gasteiger partial charge in [0.25, 0.3) is 0 Å². The number of aromatic nitrogens is 2. The molecule has 0 unspecified atom stereocenters. The van der Waals surface area contributed by atoms with Crippen LogP contribution in [0.2, 0.25) is 0 Å². The van der Waals surface area contributed by atoms with Gasteiger partial charge in [-0.15, -0.1) is 0 Å². The quantitative estimate of drug-likeness (QED) is 0.658. The summed E-state index contributed by atoms with van der Waals surface area (Å²) >= 11 is 0. The van der Waals surface area contributed by atoms with E-state index in [0.717, 1.165) is 12.8 Å². The maximum Gasteiger partial charge on any atom is 0.225 e. The van der Waals surface area contributed by atoms with Gasteiger partial charge in [0.05, 0.1) is 6.61 Å². The highest BCUT2D eigenvalue weighted by Gasteiger charge is 1.99. The lowest BCUT2D eigenvalue weighted by Crippen LogP contribution is -2.11. The van der Waals surface area contributed by atoms with Gasteiger partial charge in [-0.05, 0) is 19.8 Å². The molecule has 0 saturated heterocycles. The summed E-state index contributed by atoms with van der Waals surface area (Å²) in [6.45, 7) is 3.19. The van der Waals surface area contributed by atoms with Gasteiger partial charge in [-0.25, -0.2) is 4.98 Å². The number of hydrogen-bond acceptors (Lipinski definition) is 5. The molecular weight excluding hydrogens is 220 g/mol. The molecule has 0 aliphatic carbocycles. The van der Waals surface area contributed by atoms with Crippen molar-refractivity contribution in [3.05, 3.63) is 12.3 Å². The zero-order valence-corrected chi connectivity index (χ0v) is 9.98. The number of rotatable bonds is 8. The van der Waals surface area contributed by atoms with Gasteiger partial charge in [-0.1, -0.05) is 0 Å². The number of hydrogen-bond donors (Lipinski definition) is 2. The molecule has 0 aromatic carbocycles. The maximum atomic E-state index is 10.5. The van der Waals surface area contributed by atoms with Crippen LogP contribution in [0.15, 0.2) is 12.3 Å². The van der Waals surface area contributed by atoms with Gasteiger partial charge in [0, 0.05) is 25.2 Å². The van der Waals surface area contributed by atoms with Crippen molar-refractivity contribution in [2.24, 2.45) is 5.73 Å². The third kappa shape index (κ3) is 5.70. The van der Waals surface area contributed by atoms with Crippen LogP contribution in [-0.4, -0.2) is 29.0 Å². The van der Waals surface area contributed by atoms with Crippen molar-refractivity contribution in [3.8, 4) is 5.88 Å². The van der Waals surface area contributed by atoms with E-state index >= 15 is 0 Å². The summed E-state index contributed by atoms with van der Waals surface area (Å²) in [6.07, 6.45) is 3.68. The normalized spacial score (nSPS) is 9.94. The number of anilines is 1. The van der Waals surface area contributed by atoms with Crippen molar-refractivity contribution in [1.29, 1.82) is 0 Å². The Labute approximate surface area is 101 Å². The second-order valence-electron chi connectivity index (χ2n) is 3.50. The fourth-order valence-corrected chi connectivity index (χ4v) is 1.28. The van der Waals surface area contributed by atoms with Gasteiger partial charge < -0.3 is 15.8 Å². The van der Waals surface area contributed by atoms with E-state index < -0.39 is 0 Å². The van der Waals surface area contributed by atoms with E-state index in [1.165, 1.54) is 0 Å². The van der Waals surface area contributed by atoms with E-state index in [1.807, 2.05) is 6.92 Å². The van der Waals surface area contributed by atoms with Gasteiger partial charge in [-0.2, -0.15) is 4.98 Å². The summed E-state index contributed by atoms with van der Waals surface area (Å²) in [6, 6.07) is 1.71. The number of primary amides is 1.